The van der Waals surface area contributed by atoms with Gasteiger partial charge in [-0.15, -0.1) is 0 Å². The normalized spacial score (nSPS) is 10.8. The first-order valence-electron chi connectivity index (χ1n) is 5.76. The van der Waals surface area contributed by atoms with E-state index in [0.717, 1.165) is 0 Å². The van der Waals surface area contributed by atoms with Crippen LogP contribution in [0.1, 0.15) is 11.1 Å². The zero-order chi connectivity index (χ0) is 14.8. The van der Waals surface area contributed by atoms with E-state index in [-0.39, 0.29) is 21.9 Å². The van der Waals surface area contributed by atoms with Crippen LogP contribution in [0.4, 0.5) is 5.69 Å². The van der Waals surface area contributed by atoms with Crippen LogP contribution in [0.25, 0.3) is 0 Å². The monoisotopic (exact) mass is 288 g/mol. The van der Waals surface area contributed by atoms with Crippen molar-refractivity contribution in [1.82, 2.24) is 0 Å². The number of nitrogens with zero attached hydrogens (tertiary/aromatic N) is 1. The molecule has 0 heterocycles. The quantitative estimate of drug-likeness (QED) is 0.848. The molecule has 0 saturated carbocycles. The van der Waals surface area contributed by atoms with E-state index in [4.69, 9.17) is 5.26 Å². The van der Waals surface area contributed by atoms with Crippen LogP contribution < -0.4 is 4.72 Å². The van der Waals surface area contributed by atoms with Gasteiger partial charge in [-0.25, -0.2) is 8.42 Å². The number of nitrogens with one attached hydrogen (secondary N) is 1. The van der Waals surface area contributed by atoms with E-state index in [2.05, 4.69) is 4.72 Å². The molecule has 102 valence electrons. The minimum Gasteiger partial charge on any atom is -0.505 e. The Balaban J connectivity index is 2.47. The van der Waals surface area contributed by atoms with Crippen molar-refractivity contribution in [3.05, 3.63) is 53.6 Å². The van der Waals surface area contributed by atoms with E-state index in [1.165, 1.54) is 24.3 Å². The molecule has 6 heteroatoms. The molecule has 0 aromatic heterocycles. The Labute approximate surface area is 117 Å². The SMILES string of the molecule is Cc1cccc(NS(=O)(=O)c2ccccc2C#N)c1O. The number of benzene rings is 2. The highest BCUT2D eigenvalue weighted by atomic mass is 32.2. The largest absolute Gasteiger partial charge is 0.505 e. The fraction of sp³-hybridized carbons (Fsp3) is 0.0714. The lowest BCUT2D eigenvalue weighted by Crippen LogP contribution is -2.14. The summed E-state index contributed by atoms with van der Waals surface area (Å²) in [7, 11) is -3.93. The summed E-state index contributed by atoms with van der Waals surface area (Å²) >= 11 is 0. The van der Waals surface area contributed by atoms with Gasteiger partial charge >= 0.3 is 0 Å². The molecule has 5 nitrogen and oxygen atoms in total. The Morgan fingerprint density at radius 3 is 2.55 bits per heavy atom. The molecule has 0 atom stereocenters. The van der Waals surface area contributed by atoms with Gasteiger partial charge in [-0.3, -0.25) is 4.72 Å². The Morgan fingerprint density at radius 1 is 1.15 bits per heavy atom. The van der Waals surface area contributed by atoms with Crippen molar-refractivity contribution in [1.29, 1.82) is 5.26 Å². The molecule has 0 unspecified atom stereocenters. The summed E-state index contributed by atoms with van der Waals surface area (Å²) in [5, 5.41) is 18.8. The maximum Gasteiger partial charge on any atom is 0.263 e. The number of para-hydroxylation sites is 1. The van der Waals surface area contributed by atoms with Crippen molar-refractivity contribution in [2.24, 2.45) is 0 Å². The Morgan fingerprint density at radius 2 is 1.85 bits per heavy atom. The molecule has 2 rings (SSSR count). The molecule has 2 aromatic rings. The Bertz CT molecular complexity index is 792. The second kappa shape index (κ2) is 5.23. The lowest BCUT2D eigenvalue weighted by atomic mass is 10.2. The summed E-state index contributed by atoms with van der Waals surface area (Å²) in [6, 6.07) is 12.5. The smallest absolute Gasteiger partial charge is 0.263 e. The van der Waals surface area contributed by atoms with Crippen LogP contribution in [-0.4, -0.2) is 13.5 Å². The number of aromatic hydroxyl groups is 1. The maximum absolute atomic E-state index is 12.3. The second-order valence-electron chi connectivity index (χ2n) is 4.18. The summed E-state index contributed by atoms with van der Waals surface area (Å²) in [6.07, 6.45) is 0. The number of rotatable bonds is 3. The minimum atomic E-state index is -3.93. The second-order valence-corrected chi connectivity index (χ2v) is 5.84. The van der Waals surface area contributed by atoms with Gasteiger partial charge in [-0.05, 0) is 30.7 Å². The first-order valence-corrected chi connectivity index (χ1v) is 7.24. The molecular weight excluding hydrogens is 276 g/mol. The standard InChI is InChI=1S/C14H12N2O3S/c1-10-5-4-7-12(14(10)17)16-20(18,19)13-8-3-2-6-11(13)9-15/h2-8,16-17H,1H3. The fourth-order valence-electron chi connectivity index (χ4n) is 1.73. The maximum atomic E-state index is 12.3. The molecule has 0 aliphatic carbocycles. The van der Waals surface area contributed by atoms with Gasteiger partial charge < -0.3 is 5.11 Å². The summed E-state index contributed by atoms with van der Waals surface area (Å²) in [4.78, 5) is -0.122. The third-order valence-corrected chi connectivity index (χ3v) is 4.20. The van der Waals surface area contributed by atoms with Crippen LogP contribution in [-0.2, 0) is 10.0 Å². The number of nitriles is 1. The molecular formula is C14H12N2O3S. The van der Waals surface area contributed by atoms with Crippen LogP contribution in [0.15, 0.2) is 47.4 Å². The molecule has 20 heavy (non-hydrogen) atoms. The molecule has 0 radical (unpaired) electrons. The van der Waals surface area contributed by atoms with Gasteiger partial charge in [0.1, 0.15) is 16.7 Å². The Hall–Kier alpha value is -2.52. The molecule has 0 bridgehead atoms. The van der Waals surface area contributed by atoms with Crippen molar-refractivity contribution in [3.8, 4) is 11.8 Å². The molecule has 0 aliphatic rings. The van der Waals surface area contributed by atoms with Crippen LogP contribution in [0, 0.1) is 18.3 Å². The zero-order valence-corrected chi connectivity index (χ0v) is 11.5. The fourth-order valence-corrected chi connectivity index (χ4v) is 2.96. The van der Waals surface area contributed by atoms with Gasteiger partial charge in [0.25, 0.3) is 10.0 Å². The molecule has 0 amide bonds. The van der Waals surface area contributed by atoms with Crippen LogP contribution in [0.5, 0.6) is 5.75 Å². The first kappa shape index (κ1) is 13.9. The third-order valence-electron chi connectivity index (χ3n) is 2.78. The molecule has 0 saturated heterocycles. The average Bonchev–Trinajstić information content (AvgIpc) is 2.43. The van der Waals surface area contributed by atoms with Crippen LogP contribution in [0.3, 0.4) is 0 Å². The summed E-state index contributed by atoms with van der Waals surface area (Å²) in [5.41, 5.74) is 0.684. The summed E-state index contributed by atoms with van der Waals surface area (Å²) in [6.45, 7) is 1.66. The number of sulfonamides is 1. The highest BCUT2D eigenvalue weighted by molar-refractivity contribution is 7.92. The van der Waals surface area contributed by atoms with Gasteiger partial charge in [0, 0.05) is 0 Å². The van der Waals surface area contributed by atoms with Crippen molar-refractivity contribution in [2.45, 2.75) is 11.8 Å². The van der Waals surface area contributed by atoms with E-state index in [0.29, 0.717) is 5.56 Å². The van der Waals surface area contributed by atoms with Gasteiger partial charge in [-0.2, -0.15) is 5.26 Å². The van der Waals surface area contributed by atoms with E-state index in [1.807, 2.05) is 6.07 Å². The lowest BCUT2D eigenvalue weighted by molar-refractivity contribution is 0.473. The Kier molecular flexibility index (Phi) is 3.63. The third kappa shape index (κ3) is 2.58. The van der Waals surface area contributed by atoms with E-state index < -0.39 is 10.0 Å². The average molecular weight is 288 g/mol. The highest BCUT2D eigenvalue weighted by Crippen LogP contribution is 2.29. The first-order chi connectivity index (χ1) is 9.45. The van der Waals surface area contributed by atoms with Crippen molar-refractivity contribution >= 4 is 15.7 Å². The highest BCUT2D eigenvalue weighted by Gasteiger charge is 2.19. The van der Waals surface area contributed by atoms with E-state index in [9.17, 15) is 13.5 Å². The predicted octanol–water partition coefficient (Wildman–Crippen LogP) is 2.37. The summed E-state index contributed by atoms with van der Waals surface area (Å²) < 4.78 is 26.8. The van der Waals surface area contributed by atoms with Gasteiger partial charge in [0.2, 0.25) is 0 Å². The van der Waals surface area contributed by atoms with Crippen LogP contribution in [0.2, 0.25) is 0 Å². The van der Waals surface area contributed by atoms with Gasteiger partial charge in [-0.1, -0.05) is 24.3 Å². The molecule has 2 aromatic carbocycles. The molecule has 0 fully saturated rings. The lowest BCUT2D eigenvalue weighted by Gasteiger charge is -2.11. The molecule has 0 aliphatic heterocycles. The molecule has 0 spiro atoms. The van der Waals surface area contributed by atoms with E-state index >= 15 is 0 Å². The zero-order valence-electron chi connectivity index (χ0n) is 10.7. The number of hydrogen-bond acceptors (Lipinski definition) is 4. The van der Waals surface area contributed by atoms with Gasteiger partial charge in [0.05, 0.1) is 11.3 Å². The van der Waals surface area contributed by atoms with Crippen molar-refractivity contribution < 1.29 is 13.5 Å². The van der Waals surface area contributed by atoms with Gasteiger partial charge in [0.15, 0.2) is 0 Å². The topological polar surface area (TPSA) is 90.2 Å². The minimum absolute atomic E-state index is 0.0483. The summed E-state index contributed by atoms with van der Waals surface area (Å²) in [5.74, 6) is -0.134. The number of phenols is 1. The van der Waals surface area contributed by atoms with Crippen molar-refractivity contribution in [3.63, 3.8) is 0 Å². The number of anilines is 1. The number of phenolic OH excluding ortho intramolecular Hbond substituents is 1. The van der Waals surface area contributed by atoms with E-state index in [1.54, 1.807) is 25.1 Å². The van der Waals surface area contributed by atoms with Crippen LogP contribution >= 0.6 is 0 Å². The molecule has 2 N–H and O–H groups in total. The van der Waals surface area contributed by atoms with Crippen molar-refractivity contribution in [2.75, 3.05) is 4.72 Å². The predicted molar refractivity (Wildman–Crippen MR) is 74.8 cm³/mol. The number of hydrogen-bond donors (Lipinski definition) is 2. The number of aryl methyl sites for hydroxylation is 1.